The SMILES string of the molecule is CC(C)(C)n1nnnc1[C@H](c1cccs1)[NH+](Cc1cccnc1)Cc1ccco1. The Morgan fingerprint density at radius 1 is 1.14 bits per heavy atom. The molecule has 0 saturated carbocycles. The fraction of sp³-hybridized carbons (Fsp3) is 0.333. The lowest BCUT2D eigenvalue weighted by Gasteiger charge is -2.29. The van der Waals surface area contributed by atoms with E-state index in [9.17, 15) is 0 Å². The van der Waals surface area contributed by atoms with Crippen LogP contribution < -0.4 is 4.90 Å². The highest BCUT2D eigenvalue weighted by Crippen LogP contribution is 2.25. The molecule has 4 rings (SSSR count). The minimum atomic E-state index is -0.224. The van der Waals surface area contributed by atoms with Crippen molar-refractivity contribution in [3.8, 4) is 0 Å². The molecule has 0 spiro atoms. The van der Waals surface area contributed by atoms with Crippen LogP contribution in [0.25, 0.3) is 0 Å². The van der Waals surface area contributed by atoms with Gasteiger partial charge in [-0.05, 0) is 60.8 Å². The molecular formula is C21H25N6OS+. The van der Waals surface area contributed by atoms with E-state index < -0.39 is 0 Å². The minimum absolute atomic E-state index is 0.0328. The number of hydrogen-bond acceptors (Lipinski definition) is 6. The van der Waals surface area contributed by atoms with Crippen molar-refractivity contribution in [1.29, 1.82) is 0 Å². The number of rotatable bonds is 7. The zero-order valence-electron chi connectivity index (χ0n) is 16.8. The average Bonchev–Trinajstić information content (AvgIpc) is 3.45. The lowest BCUT2D eigenvalue weighted by atomic mass is 10.1. The maximum atomic E-state index is 5.69. The Kier molecular flexibility index (Phi) is 5.55. The number of tetrazole rings is 1. The maximum Gasteiger partial charge on any atom is 0.215 e. The molecule has 2 atom stereocenters. The summed E-state index contributed by atoms with van der Waals surface area (Å²) in [6.45, 7) is 7.83. The Labute approximate surface area is 174 Å². The monoisotopic (exact) mass is 409 g/mol. The normalized spacial score (nSPS) is 14.0. The zero-order valence-corrected chi connectivity index (χ0v) is 17.6. The molecule has 150 valence electrons. The lowest BCUT2D eigenvalue weighted by molar-refractivity contribution is -0.953. The first-order valence-electron chi connectivity index (χ1n) is 9.60. The van der Waals surface area contributed by atoms with E-state index in [2.05, 4.69) is 64.9 Å². The van der Waals surface area contributed by atoms with Crippen molar-refractivity contribution in [2.24, 2.45) is 0 Å². The highest BCUT2D eigenvalue weighted by molar-refractivity contribution is 7.10. The van der Waals surface area contributed by atoms with Crippen LogP contribution in [-0.4, -0.2) is 25.2 Å². The van der Waals surface area contributed by atoms with Crippen LogP contribution in [0.1, 0.15) is 48.8 Å². The van der Waals surface area contributed by atoms with Crippen LogP contribution in [-0.2, 0) is 18.6 Å². The van der Waals surface area contributed by atoms with Crippen molar-refractivity contribution in [3.63, 3.8) is 0 Å². The number of aromatic nitrogens is 5. The van der Waals surface area contributed by atoms with Gasteiger partial charge in [0.15, 0.2) is 11.8 Å². The zero-order chi connectivity index (χ0) is 20.3. The first-order valence-corrected chi connectivity index (χ1v) is 10.5. The van der Waals surface area contributed by atoms with Crippen LogP contribution in [0.3, 0.4) is 0 Å². The van der Waals surface area contributed by atoms with Crippen molar-refractivity contribution in [3.05, 3.63) is 82.5 Å². The van der Waals surface area contributed by atoms with E-state index in [4.69, 9.17) is 4.42 Å². The molecule has 7 nitrogen and oxygen atoms in total. The van der Waals surface area contributed by atoms with Gasteiger partial charge >= 0.3 is 0 Å². The second-order valence-electron chi connectivity index (χ2n) is 8.02. The molecule has 0 aromatic carbocycles. The molecule has 1 unspecified atom stereocenters. The molecule has 0 radical (unpaired) electrons. The van der Waals surface area contributed by atoms with Crippen LogP contribution in [0.2, 0.25) is 0 Å². The second-order valence-corrected chi connectivity index (χ2v) is 9.00. The quantitative estimate of drug-likeness (QED) is 0.508. The second kappa shape index (κ2) is 8.26. The van der Waals surface area contributed by atoms with Gasteiger partial charge in [-0.1, -0.05) is 12.1 Å². The predicted octanol–water partition coefficient (Wildman–Crippen LogP) is 2.85. The van der Waals surface area contributed by atoms with E-state index in [1.807, 2.05) is 29.1 Å². The number of hydrogen-bond donors (Lipinski definition) is 1. The molecule has 0 aliphatic heterocycles. The first-order chi connectivity index (χ1) is 14.0. The molecule has 4 aromatic heterocycles. The van der Waals surface area contributed by atoms with Crippen LogP contribution in [0.4, 0.5) is 0 Å². The number of nitrogens with one attached hydrogen (secondary N) is 1. The highest BCUT2D eigenvalue weighted by atomic mass is 32.1. The molecule has 0 aliphatic carbocycles. The Morgan fingerprint density at radius 2 is 2.03 bits per heavy atom. The van der Waals surface area contributed by atoms with Gasteiger partial charge in [0.05, 0.1) is 16.7 Å². The van der Waals surface area contributed by atoms with Crippen LogP contribution in [0.5, 0.6) is 0 Å². The van der Waals surface area contributed by atoms with Gasteiger partial charge in [0, 0.05) is 18.0 Å². The number of nitrogens with zero attached hydrogens (tertiary/aromatic N) is 5. The largest absolute Gasteiger partial charge is 0.463 e. The molecule has 8 heteroatoms. The number of pyridine rings is 1. The summed E-state index contributed by atoms with van der Waals surface area (Å²) < 4.78 is 7.63. The van der Waals surface area contributed by atoms with Crippen molar-refractivity contribution < 1.29 is 9.32 Å². The maximum absolute atomic E-state index is 5.69. The van der Waals surface area contributed by atoms with Gasteiger partial charge < -0.3 is 9.32 Å². The van der Waals surface area contributed by atoms with Crippen LogP contribution >= 0.6 is 11.3 Å². The number of furan rings is 1. The lowest BCUT2D eigenvalue weighted by Crippen LogP contribution is -3.10. The summed E-state index contributed by atoms with van der Waals surface area (Å²) in [4.78, 5) is 6.79. The smallest absolute Gasteiger partial charge is 0.215 e. The van der Waals surface area contributed by atoms with Crippen molar-refractivity contribution in [2.45, 2.75) is 45.4 Å². The molecule has 0 aliphatic rings. The molecule has 0 bridgehead atoms. The van der Waals surface area contributed by atoms with E-state index in [-0.39, 0.29) is 11.6 Å². The summed E-state index contributed by atoms with van der Waals surface area (Å²) in [5.74, 6) is 1.78. The van der Waals surface area contributed by atoms with Gasteiger partial charge in [-0.2, -0.15) is 0 Å². The molecule has 0 saturated heterocycles. The summed E-state index contributed by atoms with van der Waals surface area (Å²) in [5.41, 5.74) is 0.934. The topological polar surface area (TPSA) is 74.1 Å². The molecule has 29 heavy (non-hydrogen) atoms. The van der Waals surface area contributed by atoms with Gasteiger partial charge in [0.25, 0.3) is 0 Å². The van der Waals surface area contributed by atoms with E-state index >= 15 is 0 Å². The summed E-state index contributed by atoms with van der Waals surface area (Å²) in [6, 6.07) is 12.2. The van der Waals surface area contributed by atoms with Crippen molar-refractivity contribution in [1.82, 2.24) is 25.2 Å². The first kappa shape index (κ1) is 19.5. The van der Waals surface area contributed by atoms with Gasteiger partial charge in [-0.25, -0.2) is 4.68 Å². The fourth-order valence-corrected chi connectivity index (χ4v) is 4.37. The minimum Gasteiger partial charge on any atom is -0.463 e. The third-order valence-electron chi connectivity index (χ3n) is 4.76. The Hall–Kier alpha value is -2.84. The summed E-state index contributed by atoms with van der Waals surface area (Å²) >= 11 is 1.72. The Balaban J connectivity index is 1.79. The standard InChI is InChI=1S/C21H24N6OS/c1-21(2,3)27-20(23-24-25-27)19(18-9-6-12-29-18)26(15-17-8-5-11-28-17)14-16-7-4-10-22-13-16/h4-13,19H,14-15H2,1-3H3/p+1/t19-/m0/s1. The summed E-state index contributed by atoms with van der Waals surface area (Å²) in [5, 5.41) is 14.9. The van der Waals surface area contributed by atoms with E-state index in [0.29, 0.717) is 6.54 Å². The average molecular weight is 410 g/mol. The van der Waals surface area contributed by atoms with Crippen LogP contribution in [0, 0.1) is 0 Å². The van der Waals surface area contributed by atoms with Gasteiger partial charge in [0.2, 0.25) is 5.82 Å². The van der Waals surface area contributed by atoms with Gasteiger partial charge in [0.1, 0.15) is 13.1 Å². The molecule has 0 fully saturated rings. The van der Waals surface area contributed by atoms with E-state index in [1.54, 1.807) is 23.8 Å². The molecule has 1 N–H and O–H groups in total. The number of quaternary nitrogens is 1. The van der Waals surface area contributed by atoms with Gasteiger partial charge in [-0.15, -0.1) is 16.4 Å². The third kappa shape index (κ3) is 4.44. The molecule has 4 heterocycles. The summed E-state index contributed by atoms with van der Waals surface area (Å²) in [7, 11) is 0. The predicted molar refractivity (Wildman–Crippen MR) is 110 cm³/mol. The van der Waals surface area contributed by atoms with Crippen molar-refractivity contribution in [2.75, 3.05) is 0 Å². The molecular weight excluding hydrogens is 384 g/mol. The Bertz CT molecular complexity index is 1010. The van der Waals surface area contributed by atoms with Crippen LogP contribution in [0.15, 0.2) is 64.9 Å². The Morgan fingerprint density at radius 3 is 2.69 bits per heavy atom. The van der Waals surface area contributed by atoms with E-state index in [1.165, 1.54) is 9.78 Å². The number of thiophene rings is 1. The van der Waals surface area contributed by atoms with Crippen molar-refractivity contribution >= 4 is 11.3 Å². The van der Waals surface area contributed by atoms with Gasteiger partial charge in [-0.3, -0.25) is 4.98 Å². The highest BCUT2D eigenvalue weighted by Gasteiger charge is 2.35. The van der Waals surface area contributed by atoms with E-state index in [0.717, 1.165) is 23.7 Å². The molecule has 0 amide bonds. The summed E-state index contributed by atoms with van der Waals surface area (Å²) in [6.07, 6.45) is 5.43. The molecule has 4 aromatic rings. The fourth-order valence-electron chi connectivity index (χ4n) is 3.49. The third-order valence-corrected chi connectivity index (χ3v) is 5.70.